The molecule has 2 rings (SSSR count). The lowest BCUT2D eigenvalue weighted by Crippen LogP contribution is -1.95. The highest BCUT2D eigenvalue weighted by atomic mass is 16.5. The van der Waals surface area contributed by atoms with Crippen molar-refractivity contribution in [3.63, 3.8) is 0 Å². The maximum absolute atomic E-state index is 10.2. The van der Waals surface area contributed by atoms with E-state index in [2.05, 4.69) is 4.98 Å². The predicted octanol–water partition coefficient (Wildman–Crippen LogP) is 2.25. The first-order valence-electron chi connectivity index (χ1n) is 5.13. The Kier molecular flexibility index (Phi) is 3.35. The number of aromatic nitrogens is 1. The minimum absolute atomic E-state index is 0.234. The van der Waals surface area contributed by atoms with Crippen molar-refractivity contribution >= 4 is 16.9 Å². The summed E-state index contributed by atoms with van der Waals surface area (Å²) in [6.45, 7) is 0.234. The summed E-state index contributed by atoms with van der Waals surface area (Å²) in [5.74, 6) is -0.281. The second kappa shape index (κ2) is 5.12. The van der Waals surface area contributed by atoms with Gasteiger partial charge in [-0.2, -0.15) is 0 Å². The molecule has 0 aliphatic heterocycles. The van der Waals surface area contributed by atoms with Crippen LogP contribution >= 0.6 is 0 Å². The first-order valence-corrected chi connectivity index (χ1v) is 5.13. The van der Waals surface area contributed by atoms with E-state index >= 15 is 0 Å². The number of ether oxygens (including phenoxy) is 1. The molecule has 0 aliphatic carbocycles. The minimum Gasteiger partial charge on any atom is -0.490 e. The lowest BCUT2D eigenvalue weighted by Gasteiger charge is -2.03. The Morgan fingerprint density at radius 1 is 1.41 bits per heavy atom. The summed E-state index contributed by atoms with van der Waals surface area (Å²) < 4.78 is 5.39. The fourth-order valence-electron chi connectivity index (χ4n) is 1.44. The Morgan fingerprint density at radius 3 is 3.12 bits per heavy atom. The number of carboxylic acids is 1. The number of carbonyl (C=O) groups is 1. The van der Waals surface area contributed by atoms with Crippen LogP contribution in [0.5, 0.6) is 5.75 Å². The molecule has 0 bridgehead atoms. The third kappa shape index (κ3) is 3.04. The lowest BCUT2D eigenvalue weighted by atomic mass is 10.2. The Bertz CT molecular complexity index is 563. The largest absolute Gasteiger partial charge is 0.490 e. The standard InChI is InChI=1S/C13H11NO3/c15-13(16)4-2-8-17-11-5-6-12-10(9-11)3-1-7-14-12/h1-7,9H,8H2,(H,15,16)/b4-2+. The first kappa shape index (κ1) is 11.1. The number of aliphatic carboxylic acids is 1. The van der Waals surface area contributed by atoms with E-state index in [0.717, 1.165) is 17.0 Å². The fourth-order valence-corrected chi connectivity index (χ4v) is 1.44. The van der Waals surface area contributed by atoms with Gasteiger partial charge in [-0.15, -0.1) is 0 Å². The average Bonchev–Trinajstić information content (AvgIpc) is 2.34. The summed E-state index contributed by atoms with van der Waals surface area (Å²) in [7, 11) is 0. The van der Waals surface area contributed by atoms with Crippen molar-refractivity contribution in [2.75, 3.05) is 6.61 Å². The van der Waals surface area contributed by atoms with Crippen LogP contribution in [0.4, 0.5) is 0 Å². The van der Waals surface area contributed by atoms with Gasteiger partial charge >= 0.3 is 5.97 Å². The maximum atomic E-state index is 10.2. The minimum atomic E-state index is -0.976. The third-order valence-corrected chi connectivity index (χ3v) is 2.18. The number of carboxylic acid groups (broad SMARTS) is 1. The molecule has 0 aliphatic rings. The number of hydrogen-bond acceptors (Lipinski definition) is 3. The molecule has 1 N–H and O–H groups in total. The third-order valence-electron chi connectivity index (χ3n) is 2.18. The Morgan fingerprint density at radius 2 is 2.29 bits per heavy atom. The van der Waals surface area contributed by atoms with Gasteiger partial charge in [0.1, 0.15) is 12.4 Å². The average molecular weight is 229 g/mol. The number of nitrogens with zero attached hydrogens (tertiary/aromatic N) is 1. The molecule has 4 heteroatoms. The number of hydrogen-bond donors (Lipinski definition) is 1. The van der Waals surface area contributed by atoms with Gasteiger partial charge < -0.3 is 9.84 Å². The van der Waals surface area contributed by atoms with Crippen molar-refractivity contribution in [1.82, 2.24) is 4.98 Å². The smallest absolute Gasteiger partial charge is 0.328 e. The SMILES string of the molecule is O=C(O)/C=C/COc1ccc2ncccc2c1. The number of fused-ring (bicyclic) bond motifs is 1. The molecule has 0 radical (unpaired) electrons. The van der Waals surface area contributed by atoms with E-state index in [-0.39, 0.29) is 6.61 Å². The molecule has 86 valence electrons. The highest BCUT2D eigenvalue weighted by Gasteiger charge is 1.96. The van der Waals surface area contributed by atoms with Crippen LogP contribution in [0.3, 0.4) is 0 Å². The predicted molar refractivity (Wildman–Crippen MR) is 64.0 cm³/mol. The highest BCUT2D eigenvalue weighted by Crippen LogP contribution is 2.18. The molecule has 0 saturated carbocycles. The summed E-state index contributed by atoms with van der Waals surface area (Å²) >= 11 is 0. The molecule has 0 spiro atoms. The fraction of sp³-hybridized carbons (Fsp3) is 0.0769. The molecular formula is C13H11NO3. The summed E-state index contributed by atoms with van der Waals surface area (Å²) in [5.41, 5.74) is 0.904. The second-order valence-electron chi connectivity index (χ2n) is 3.41. The zero-order valence-electron chi connectivity index (χ0n) is 9.04. The molecule has 4 nitrogen and oxygen atoms in total. The van der Waals surface area contributed by atoms with Crippen molar-refractivity contribution < 1.29 is 14.6 Å². The topological polar surface area (TPSA) is 59.4 Å². The monoisotopic (exact) mass is 229 g/mol. The summed E-state index contributed by atoms with van der Waals surface area (Å²) in [6.07, 6.45) is 4.25. The van der Waals surface area contributed by atoms with Crippen molar-refractivity contribution in [1.29, 1.82) is 0 Å². The molecule has 1 aromatic carbocycles. The zero-order valence-corrected chi connectivity index (χ0v) is 9.04. The van der Waals surface area contributed by atoms with E-state index in [4.69, 9.17) is 9.84 Å². The van der Waals surface area contributed by atoms with Crippen LogP contribution in [0, 0.1) is 0 Å². The van der Waals surface area contributed by atoms with E-state index in [1.54, 1.807) is 6.20 Å². The van der Waals surface area contributed by atoms with E-state index < -0.39 is 5.97 Å². The first-order chi connectivity index (χ1) is 8.25. The summed E-state index contributed by atoms with van der Waals surface area (Å²) in [4.78, 5) is 14.4. The van der Waals surface area contributed by atoms with Crippen LogP contribution in [0.25, 0.3) is 10.9 Å². The molecule has 17 heavy (non-hydrogen) atoms. The lowest BCUT2D eigenvalue weighted by molar-refractivity contribution is -0.131. The van der Waals surface area contributed by atoms with Gasteiger partial charge in [0.15, 0.2) is 0 Å². The molecule has 0 atom stereocenters. The van der Waals surface area contributed by atoms with Crippen molar-refractivity contribution in [2.24, 2.45) is 0 Å². The molecule has 0 unspecified atom stereocenters. The molecule has 1 heterocycles. The van der Waals surface area contributed by atoms with Gasteiger partial charge in [-0.25, -0.2) is 4.79 Å². The second-order valence-corrected chi connectivity index (χ2v) is 3.41. The van der Waals surface area contributed by atoms with Gasteiger partial charge in [0.25, 0.3) is 0 Å². The van der Waals surface area contributed by atoms with Gasteiger partial charge in [-0.05, 0) is 30.3 Å². The van der Waals surface area contributed by atoms with Crippen LogP contribution in [-0.2, 0) is 4.79 Å². The number of benzene rings is 1. The molecule has 2 aromatic rings. The van der Waals surface area contributed by atoms with Crippen molar-refractivity contribution in [3.8, 4) is 5.75 Å². The number of rotatable bonds is 4. The van der Waals surface area contributed by atoms with Gasteiger partial charge in [-0.1, -0.05) is 6.07 Å². The van der Waals surface area contributed by atoms with Gasteiger partial charge in [0.2, 0.25) is 0 Å². The van der Waals surface area contributed by atoms with Crippen molar-refractivity contribution in [3.05, 3.63) is 48.7 Å². The molecular weight excluding hydrogens is 218 g/mol. The summed E-state index contributed by atoms with van der Waals surface area (Å²) in [5, 5.41) is 9.39. The highest BCUT2D eigenvalue weighted by molar-refractivity contribution is 5.80. The normalized spacial score (nSPS) is 10.8. The number of pyridine rings is 1. The van der Waals surface area contributed by atoms with Crippen LogP contribution in [0.1, 0.15) is 0 Å². The van der Waals surface area contributed by atoms with Crippen molar-refractivity contribution in [2.45, 2.75) is 0 Å². The van der Waals surface area contributed by atoms with Crippen LogP contribution in [-0.4, -0.2) is 22.7 Å². The molecule has 0 fully saturated rings. The maximum Gasteiger partial charge on any atom is 0.328 e. The molecule has 0 saturated heterocycles. The zero-order chi connectivity index (χ0) is 12.1. The van der Waals surface area contributed by atoms with E-state index in [1.807, 2.05) is 30.3 Å². The molecule has 1 aromatic heterocycles. The molecule has 0 amide bonds. The van der Waals surface area contributed by atoms with Gasteiger partial charge in [-0.3, -0.25) is 4.98 Å². The van der Waals surface area contributed by atoms with E-state index in [9.17, 15) is 4.79 Å². The van der Waals surface area contributed by atoms with Gasteiger partial charge in [0, 0.05) is 17.7 Å². The van der Waals surface area contributed by atoms with Crippen LogP contribution in [0.15, 0.2) is 48.7 Å². The van der Waals surface area contributed by atoms with Gasteiger partial charge in [0.05, 0.1) is 5.52 Å². The van der Waals surface area contributed by atoms with E-state index in [0.29, 0.717) is 5.75 Å². The quantitative estimate of drug-likeness (QED) is 0.817. The Hall–Kier alpha value is -2.36. The Labute approximate surface area is 98.2 Å². The Balaban J connectivity index is 2.07. The van der Waals surface area contributed by atoms with Crippen LogP contribution < -0.4 is 4.74 Å². The van der Waals surface area contributed by atoms with E-state index in [1.165, 1.54) is 6.08 Å². The summed E-state index contributed by atoms with van der Waals surface area (Å²) in [6, 6.07) is 9.35. The van der Waals surface area contributed by atoms with Crippen LogP contribution in [0.2, 0.25) is 0 Å².